The van der Waals surface area contributed by atoms with Gasteiger partial charge in [0.2, 0.25) is 0 Å². The average Bonchev–Trinajstić information content (AvgIpc) is 2.68. The van der Waals surface area contributed by atoms with Gasteiger partial charge in [-0.2, -0.15) is 10.4 Å². The van der Waals surface area contributed by atoms with Gasteiger partial charge >= 0.3 is 0 Å². The number of H-pyrrole nitrogens is 1. The van der Waals surface area contributed by atoms with Gasteiger partial charge in [-0.15, -0.1) is 11.8 Å². The summed E-state index contributed by atoms with van der Waals surface area (Å²) in [6.45, 7) is 7.06. The molecule has 0 saturated heterocycles. The maximum Gasteiger partial charge on any atom is 0.170 e. The molecular weight excluding hydrogens is 246 g/mol. The number of hydrogen-bond donors (Lipinski definition) is 1. The van der Waals surface area contributed by atoms with Gasteiger partial charge in [0.15, 0.2) is 5.69 Å². The molecule has 88 valence electrons. The molecule has 0 aliphatic carbocycles. The molecule has 0 atom stereocenters. The van der Waals surface area contributed by atoms with Crippen molar-refractivity contribution < 1.29 is 0 Å². The van der Waals surface area contributed by atoms with Gasteiger partial charge in [-0.3, -0.25) is 5.10 Å². The lowest BCUT2D eigenvalue weighted by atomic mass is 10.2. The van der Waals surface area contributed by atoms with E-state index in [2.05, 4.69) is 42.0 Å². The van der Waals surface area contributed by atoms with Crippen molar-refractivity contribution in [3.8, 4) is 6.07 Å². The summed E-state index contributed by atoms with van der Waals surface area (Å²) in [5.41, 5.74) is 1.47. The average molecular weight is 261 g/mol. The first-order valence-electron chi connectivity index (χ1n) is 5.51. The van der Waals surface area contributed by atoms with E-state index in [0.29, 0.717) is 5.69 Å². The molecule has 0 amide bonds. The number of nitrogens with one attached hydrogen (secondary N) is 1. The van der Waals surface area contributed by atoms with Crippen molar-refractivity contribution in [3.05, 3.63) is 23.9 Å². The van der Waals surface area contributed by atoms with Crippen LogP contribution in [0.5, 0.6) is 0 Å². The molecule has 0 unspecified atom stereocenters. The zero-order chi connectivity index (χ0) is 12.5. The highest BCUT2D eigenvalue weighted by Gasteiger charge is 2.15. The number of fused-ring (bicyclic) bond motifs is 1. The number of para-hydroxylation sites is 1. The lowest BCUT2D eigenvalue weighted by Gasteiger charge is -2.14. The van der Waals surface area contributed by atoms with E-state index < -0.39 is 8.07 Å². The Hall–Kier alpha value is -1.25. The van der Waals surface area contributed by atoms with Gasteiger partial charge in [0, 0.05) is 10.3 Å². The molecule has 3 nitrogen and oxygen atoms in total. The van der Waals surface area contributed by atoms with Crippen LogP contribution in [-0.2, 0) is 0 Å². The van der Waals surface area contributed by atoms with E-state index in [1.165, 1.54) is 10.3 Å². The number of nitrogens with zero attached hydrogens (tertiary/aromatic N) is 2. The van der Waals surface area contributed by atoms with E-state index in [4.69, 9.17) is 5.26 Å². The van der Waals surface area contributed by atoms with Gasteiger partial charge in [0.1, 0.15) is 6.07 Å². The monoisotopic (exact) mass is 261 g/mol. The highest BCUT2D eigenvalue weighted by Crippen LogP contribution is 2.29. The lowest BCUT2D eigenvalue weighted by Crippen LogP contribution is -2.23. The lowest BCUT2D eigenvalue weighted by molar-refractivity contribution is 1.09. The van der Waals surface area contributed by atoms with Gasteiger partial charge in [0.05, 0.1) is 13.6 Å². The van der Waals surface area contributed by atoms with Crippen molar-refractivity contribution in [1.29, 1.82) is 5.26 Å². The highest BCUT2D eigenvalue weighted by atomic mass is 32.2. The summed E-state index contributed by atoms with van der Waals surface area (Å²) < 4.78 is 0. The van der Waals surface area contributed by atoms with Crippen LogP contribution in [0.2, 0.25) is 19.6 Å². The number of aromatic nitrogens is 2. The Morgan fingerprint density at radius 3 is 2.82 bits per heavy atom. The largest absolute Gasteiger partial charge is 0.275 e. The molecule has 0 spiro atoms. The van der Waals surface area contributed by atoms with Crippen LogP contribution < -0.4 is 0 Å². The van der Waals surface area contributed by atoms with Crippen molar-refractivity contribution >= 4 is 30.7 Å². The minimum atomic E-state index is -1.07. The first kappa shape index (κ1) is 12.2. The molecule has 1 aromatic carbocycles. The summed E-state index contributed by atoms with van der Waals surface area (Å²) in [6.07, 6.45) is 0. The van der Waals surface area contributed by atoms with Crippen molar-refractivity contribution in [2.75, 3.05) is 5.38 Å². The van der Waals surface area contributed by atoms with E-state index in [9.17, 15) is 0 Å². The molecule has 0 aliphatic heterocycles. The van der Waals surface area contributed by atoms with E-state index in [1.54, 1.807) is 0 Å². The summed E-state index contributed by atoms with van der Waals surface area (Å²) in [5, 5.41) is 18.0. The number of aromatic amines is 1. The molecule has 5 heteroatoms. The molecule has 1 heterocycles. The summed E-state index contributed by atoms with van der Waals surface area (Å²) in [7, 11) is -1.07. The third kappa shape index (κ3) is 2.71. The normalized spacial score (nSPS) is 11.6. The molecule has 0 aliphatic rings. The molecule has 1 N–H and O–H groups in total. The fourth-order valence-corrected chi connectivity index (χ4v) is 4.34. The SMILES string of the molecule is C[Si](C)(C)CSc1cccc2c(C#N)n[nH]c12. The maximum atomic E-state index is 8.94. The van der Waals surface area contributed by atoms with Crippen LogP contribution in [0.15, 0.2) is 23.1 Å². The third-order valence-corrected chi connectivity index (χ3v) is 7.02. The first-order valence-corrected chi connectivity index (χ1v) is 10.2. The number of nitriles is 1. The van der Waals surface area contributed by atoms with Crippen LogP contribution in [-0.4, -0.2) is 23.6 Å². The third-order valence-electron chi connectivity index (χ3n) is 2.33. The Labute approximate surface area is 106 Å². The molecule has 2 aromatic rings. The van der Waals surface area contributed by atoms with Crippen molar-refractivity contribution in [2.45, 2.75) is 24.5 Å². The Kier molecular flexibility index (Phi) is 3.27. The summed E-state index contributed by atoms with van der Waals surface area (Å²) >= 11 is 1.86. The van der Waals surface area contributed by atoms with E-state index >= 15 is 0 Å². The molecule has 0 bridgehead atoms. The van der Waals surface area contributed by atoms with Gasteiger partial charge < -0.3 is 0 Å². The molecular formula is C12H15N3SSi. The molecule has 0 radical (unpaired) electrons. The van der Waals surface area contributed by atoms with Crippen LogP contribution in [0, 0.1) is 11.3 Å². The van der Waals surface area contributed by atoms with Gasteiger partial charge in [-0.1, -0.05) is 25.7 Å². The maximum absolute atomic E-state index is 8.94. The number of benzene rings is 1. The van der Waals surface area contributed by atoms with E-state index in [-0.39, 0.29) is 0 Å². The molecule has 2 rings (SSSR count). The summed E-state index contributed by atoms with van der Waals surface area (Å²) in [4.78, 5) is 1.19. The molecule has 0 fully saturated rings. The fourth-order valence-electron chi connectivity index (χ4n) is 1.52. The topological polar surface area (TPSA) is 52.5 Å². The van der Waals surface area contributed by atoms with E-state index in [0.717, 1.165) is 10.9 Å². The minimum Gasteiger partial charge on any atom is -0.275 e. The van der Waals surface area contributed by atoms with Crippen LogP contribution in [0.3, 0.4) is 0 Å². The highest BCUT2D eigenvalue weighted by molar-refractivity contribution is 8.01. The quantitative estimate of drug-likeness (QED) is 0.680. The molecule has 1 aromatic heterocycles. The van der Waals surface area contributed by atoms with Crippen LogP contribution in [0.25, 0.3) is 10.9 Å². The second-order valence-electron chi connectivity index (χ2n) is 5.21. The second kappa shape index (κ2) is 4.55. The number of hydrogen-bond acceptors (Lipinski definition) is 3. The minimum absolute atomic E-state index is 0.482. The zero-order valence-corrected chi connectivity index (χ0v) is 12.1. The smallest absolute Gasteiger partial charge is 0.170 e. The fraction of sp³-hybridized carbons (Fsp3) is 0.333. The van der Waals surface area contributed by atoms with Crippen molar-refractivity contribution in [3.63, 3.8) is 0 Å². The second-order valence-corrected chi connectivity index (χ2v) is 12.2. The first-order chi connectivity index (χ1) is 8.01. The van der Waals surface area contributed by atoms with Crippen LogP contribution in [0.4, 0.5) is 0 Å². The van der Waals surface area contributed by atoms with Crippen LogP contribution in [0.1, 0.15) is 5.69 Å². The van der Waals surface area contributed by atoms with Crippen molar-refractivity contribution in [2.24, 2.45) is 0 Å². The Morgan fingerprint density at radius 2 is 2.18 bits per heavy atom. The number of rotatable bonds is 3. The van der Waals surface area contributed by atoms with Crippen molar-refractivity contribution in [1.82, 2.24) is 10.2 Å². The Morgan fingerprint density at radius 1 is 1.41 bits per heavy atom. The standard InChI is InChI=1S/C12H15N3SSi/c1-17(2,3)8-16-11-6-4-5-9-10(7-13)14-15-12(9)11/h4-6H,8H2,1-3H3,(H,14,15). The Bertz CT molecular complexity index is 577. The molecule has 17 heavy (non-hydrogen) atoms. The van der Waals surface area contributed by atoms with Crippen LogP contribution >= 0.6 is 11.8 Å². The van der Waals surface area contributed by atoms with Gasteiger partial charge in [-0.05, 0) is 17.5 Å². The zero-order valence-electron chi connectivity index (χ0n) is 10.2. The summed E-state index contributed by atoms with van der Waals surface area (Å²) in [6, 6.07) is 8.13. The Balaban J connectivity index is 2.36. The van der Waals surface area contributed by atoms with Gasteiger partial charge in [0.25, 0.3) is 0 Å². The van der Waals surface area contributed by atoms with Gasteiger partial charge in [-0.25, -0.2) is 0 Å². The number of thioether (sulfide) groups is 1. The van der Waals surface area contributed by atoms with E-state index in [1.807, 2.05) is 23.9 Å². The predicted molar refractivity (Wildman–Crippen MR) is 74.9 cm³/mol. The predicted octanol–water partition coefficient (Wildman–Crippen LogP) is 3.40. The molecule has 0 saturated carbocycles. The summed E-state index contributed by atoms with van der Waals surface area (Å²) in [5.74, 6) is 0.